The van der Waals surface area contributed by atoms with Gasteiger partial charge in [0.15, 0.2) is 0 Å². The summed E-state index contributed by atoms with van der Waals surface area (Å²) in [6, 6.07) is 7.24. The lowest BCUT2D eigenvalue weighted by molar-refractivity contribution is -0.308. The SMILES string of the molecule is CN([C@H]1COC2(CCN(C(=O)OC(C(F)(F)F)C(F)(F)F)CC2)C1)S(=O)(=O)c1ccccc1. The summed E-state index contributed by atoms with van der Waals surface area (Å²) in [5.41, 5.74) is -0.838. The molecule has 0 bridgehead atoms. The molecule has 0 unspecified atom stereocenters. The van der Waals surface area contributed by atoms with E-state index in [4.69, 9.17) is 4.74 Å². The highest BCUT2D eigenvalue weighted by atomic mass is 32.2. The molecule has 0 aliphatic carbocycles. The van der Waals surface area contributed by atoms with E-state index in [2.05, 4.69) is 4.74 Å². The van der Waals surface area contributed by atoms with Gasteiger partial charge in [0.1, 0.15) is 0 Å². The number of ether oxygens (including phenoxy) is 2. The summed E-state index contributed by atoms with van der Waals surface area (Å²) in [5.74, 6) is 0. The van der Waals surface area contributed by atoms with E-state index in [1.165, 1.54) is 23.5 Å². The number of likely N-dealkylation sites (tertiary alicyclic amines) is 1. The average Bonchev–Trinajstić information content (AvgIpc) is 3.14. The molecule has 1 atom stereocenters. The normalized spacial score (nSPS) is 21.7. The second-order valence-electron chi connectivity index (χ2n) is 8.02. The number of benzene rings is 1. The fourth-order valence-corrected chi connectivity index (χ4v) is 5.31. The number of alkyl halides is 6. The van der Waals surface area contributed by atoms with Crippen LogP contribution in [0.25, 0.3) is 0 Å². The third kappa shape index (κ3) is 5.54. The van der Waals surface area contributed by atoms with E-state index in [9.17, 15) is 39.6 Å². The third-order valence-corrected chi connectivity index (χ3v) is 7.79. The number of rotatable bonds is 4. The Morgan fingerprint density at radius 1 is 1.12 bits per heavy atom. The van der Waals surface area contributed by atoms with Crippen molar-refractivity contribution in [3.8, 4) is 0 Å². The van der Waals surface area contributed by atoms with Crippen LogP contribution in [0.5, 0.6) is 0 Å². The molecule has 2 aliphatic heterocycles. The van der Waals surface area contributed by atoms with E-state index in [1.54, 1.807) is 18.2 Å². The predicted octanol–water partition coefficient (Wildman–Crippen LogP) is 3.56. The number of hydrogen-bond acceptors (Lipinski definition) is 5. The molecule has 7 nitrogen and oxygen atoms in total. The van der Waals surface area contributed by atoms with Crippen molar-refractivity contribution in [2.24, 2.45) is 0 Å². The van der Waals surface area contributed by atoms with E-state index in [-0.39, 0.29) is 43.9 Å². The van der Waals surface area contributed by atoms with Gasteiger partial charge in [-0.05, 0) is 31.4 Å². The van der Waals surface area contributed by atoms with Gasteiger partial charge in [0.05, 0.1) is 23.1 Å². The third-order valence-electron chi connectivity index (χ3n) is 5.87. The number of likely N-dealkylation sites (N-methyl/N-ethyl adjacent to an activating group) is 1. The number of nitrogens with zero attached hydrogens (tertiary/aromatic N) is 2. The van der Waals surface area contributed by atoms with Crippen LogP contribution in [0.4, 0.5) is 31.1 Å². The first kappa shape index (κ1) is 25.6. The van der Waals surface area contributed by atoms with Gasteiger partial charge in [0.2, 0.25) is 10.0 Å². The first-order valence-corrected chi connectivity index (χ1v) is 11.4. The molecule has 2 saturated heterocycles. The van der Waals surface area contributed by atoms with Crippen LogP contribution in [0, 0.1) is 0 Å². The first-order chi connectivity index (χ1) is 15.2. The zero-order valence-corrected chi connectivity index (χ0v) is 18.2. The Bertz CT molecular complexity index is 932. The maximum Gasteiger partial charge on any atom is 0.434 e. The second-order valence-corrected chi connectivity index (χ2v) is 10.0. The summed E-state index contributed by atoms with van der Waals surface area (Å²) in [4.78, 5) is 12.8. The Morgan fingerprint density at radius 2 is 1.67 bits per heavy atom. The molecule has 1 amide bonds. The Balaban J connectivity index is 1.60. The maximum absolute atomic E-state index is 12.8. The van der Waals surface area contributed by atoms with Crippen molar-refractivity contribution in [2.75, 3.05) is 26.7 Å². The van der Waals surface area contributed by atoms with E-state index in [0.717, 1.165) is 4.90 Å². The lowest BCUT2D eigenvalue weighted by atomic mass is 9.87. The topological polar surface area (TPSA) is 76.2 Å². The molecule has 1 spiro atoms. The van der Waals surface area contributed by atoms with Gasteiger partial charge in [-0.1, -0.05) is 18.2 Å². The molecule has 33 heavy (non-hydrogen) atoms. The average molecular weight is 504 g/mol. The highest BCUT2D eigenvalue weighted by molar-refractivity contribution is 7.89. The van der Waals surface area contributed by atoms with Crippen molar-refractivity contribution in [1.82, 2.24) is 9.21 Å². The minimum absolute atomic E-state index is 0.0667. The molecule has 2 heterocycles. The molecule has 14 heteroatoms. The molecule has 3 rings (SSSR count). The molecule has 186 valence electrons. The van der Waals surface area contributed by atoms with Crippen LogP contribution >= 0.6 is 0 Å². The molecule has 0 radical (unpaired) electrons. The molecule has 2 aliphatic rings. The number of amides is 1. The minimum atomic E-state index is -5.79. The van der Waals surface area contributed by atoms with Crippen LogP contribution in [0.3, 0.4) is 0 Å². The number of hydrogen-bond donors (Lipinski definition) is 0. The number of carbonyl (C=O) groups excluding carboxylic acids is 1. The first-order valence-electron chi connectivity index (χ1n) is 9.92. The molecule has 1 aromatic rings. The van der Waals surface area contributed by atoms with Gasteiger partial charge in [-0.25, -0.2) is 13.2 Å². The van der Waals surface area contributed by atoms with Crippen LogP contribution in [-0.2, 0) is 19.5 Å². The van der Waals surface area contributed by atoms with Gasteiger partial charge in [-0.2, -0.15) is 30.6 Å². The summed E-state index contributed by atoms with van der Waals surface area (Å²) in [6.45, 7) is -0.316. The number of halogens is 6. The van der Waals surface area contributed by atoms with Crippen LogP contribution in [-0.4, -0.2) is 80.6 Å². The van der Waals surface area contributed by atoms with E-state index in [0.29, 0.717) is 0 Å². The Morgan fingerprint density at radius 3 is 2.18 bits per heavy atom. The lowest BCUT2D eigenvalue weighted by Gasteiger charge is -2.39. The standard InChI is InChI=1S/C19H22F6N2O5S/c1-26(33(29,30)14-5-3-2-4-6-14)13-11-17(31-12-13)7-9-27(10-8-17)16(28)32-15(18(20,21)22)19(23,24)25/h2-6,13,15H,7-12H2,1H3/t13-/m1/s1. The monoisotopic (exact) mass is 504 g/mol. The fourth-order valence-electron chi connectivity index (χ4n) is 3.95. The molecular weight excluding hydrogens is 482 g/mol. The Labute approximate surface area is 186 Å². The van der Waals surface area contributed by atoms with Crippen LogP contribution in [0.2, 0.25) is 0 Å². The van der Waals surface area contributed by atoms with Crippen LogP contribution in [0.1, 0.15) is 19.3 Å². The van der Waals surface area contributed by atoms with Crippen molar-refractivity contribution >= 4 is 16.1 Å². The van der Waals surface area contributed by atoms with Gasteiger partial charge in [-0.3, -0.25) is 0 Å². The van der Waals surface area contributed by atoms with Gasteiger partial charge in [-0.15, -0.1) is 0 Å². The number of carbonyl (C=O) groups is 1. The summed E-state index contributed by atoms with van der Waals surface area (Å²) in [7, 11) is -2.37. The predicted molar refractivity (Wildman–Crippen MR) is 102 cm³/mol. The van der Waals surface area contributed by atoms with Gasteiger partial charge in [0.25, 0.3) is 6.10 Å². The summed E-state index contributed by atoms with van der Waals surface area (Å²) in [6.07, 6.45) is -17.0. The molecule has 0 aromatic heterocycles. The Hall–Kier alpha value is -2.06. The summed E-state index contributed by atoms with van der Waals surface area (Å²) >= 11 is 0. The van der Waals surface area contributed by atoms with E-state index in [1.807, 2.05) is 0 Å². The van der Waals surface area contributed by atoms with Crippen molar-refractivity contribution in [3.05, 3.63) is 30.3 Å². The zero-order valence-electron chi connectivity index (χ0n) is 17.4. The second kappa shape index (κ2) is 8.95. The van der Waals surface area contributed by atoms with Crippen LogP contribution in [0.15, 0.2) is 35.2 Å². The van der Waals surface area contributed by atoms with Crippen molar-refractivity contribution < 1.29 is 49.0 Å². The minimum Gasteiger partial charge on any atom is -0.426 e. The molecule has 1 aromatic carbocycles. The van der Waals surface area contributed by atoms with Gasteiger partial charge < -0.3 is 14.4 Å². The summed E-state index contributed by atoms with van der Waals surface area (Å²) < 4.78 is 112. The fraction of sp³-hybridized carbons (Fsp3) is 0.632. The number of sulfonamides is 1. The van der Waals surface area contributed by atoms with E-state index >= 15 is 0 Å². The lowest BCUT2D eigenvalue weighted by Crippen LogP contribution is -2.51. The largest absolute Gasteiger partial charge is 0.434 e. The highest BCUT2D eigenvalue weighted by Gasteiger charge is 2.60. The van der Waals surface area contributed by atoms with Gasteiger partial charge in [0, 0.05) is 20.1 Å². The van der Waals surface area contributed by atoms with E-state index < -0.39 is 46.2 Å². The van der Waals surface area contributed by atoms with Gasteiger partial charge >= 0.3 is 18.4 Å². The van der Waals surface area contributed by atoms with Crippen molar-refractivity contribution in [2.45, 2.75) is 54.3 Å². The molecular formula is C19H22F6N2O5S. The van der Waals surface area contributed by atoms with Crippen LogP contribution < -0.4 is 0 Å². The maximum atomic E-state index is 12.8. The zero-order chi connectivity index (χ0) is 24.7. The number of piperidine rings is 1. The summed E-state index contributed by atoms with van der Waals surface area (Å²) in [5, 5.41) is 0. The Kier molecular flexibility index (Phi) is 6.93. The molecule has 0 N–H and O–H groups in total. The highest BCUT2D eigenvalue weighted by Crippen LogP contribution is 2.40. The van der Waals surface area contributed by atoms with Crippen molar-refractivity contribution in [3.63, 3.8) is 0 Å². The molecule has 0 saturated carbocycles. The molecule has 2 fully saturated rings. The van der Waals surface area contributed by atoms with Crippen molar-refractivity contribution in [1.29, 1.82) is 0 Å². The quantitative estimate of drug-likeness (QED) is 0.587. The smallest absolute Gasteiger partial charge is 0.426 e.